The number of imidazole rings is 1. The van der Waals surface area contributed by atoms with Crippen LogP contribution in [-0.4, -0.2) is 78.4 Å². The number of likely N-dealkylation sites (N-methyl/N-ethyl adjacent to an activating group) is 1. The van der Waals surface area contributed by atoms with E-state index < -0.39 is 57.1 Å². The lowest BCUT2D eigenvalue weighted by Crippen LogP contribution is -2.43. The number of aliphatic hydroxyl groups excluding tert-OH is 1. The number of fused-ring (bicyclic) bond motifs is 1. The standard InChI is InChI=1S/C15H22N7O8P/c1-17-7(2-11(24)25)15(26)21-31(27,28)29-4-9-8(23)3-10(30-9)22-6-20-12-13(16)18-5-19-14(12)22/h5-10,17,23H,2-4H2,1H3,(H,24,25)(H2,16,18,19)(H2,21,26,27,28)/t7-,8-,9+,10+/m0/s1. The van der Waals surface area contributed by atoms with Crippen LogP contribution < -0.4 is 16.1 Å². The highest BCUT2D eigenvalue weighted by molar-refractivity contribution is 7.51. The minimum absolute atomic E-state index is 0.117. The van der Waals surface area contributed by atoms with E-state index in [2.05, 4.69) is 20.3 Å². The molecule has 0 aromatic carbocycles. The number of aliphatic carboxylic acids is 1. The Morgan fingerprint density at radius 1 is 1.45 bits per heavy atom. The predicted molar refractivity (Wildman–Crippen MR) is 103 cm³/mol. The lowest BCUT2D eigenvalue weighted by molar-refractivity contribution is -0.139. The first-order valence-corrected chi connectivity index (χ1v) is 10.6. The van der Waals surface area contributed by atoms with Crippen LogP contribution >= 0.6 is 7.75 Å². The van der Waals surface area contributed by atoms with Crippen molar-refractivity contribution < 1.29 is 38.5 Å². The molecule has 16 heteroatoms. The number of rotatable bonds is 9. The number of carboxylic acid groups (broad SMARTS) is 1. The van der Waals surface area contributed by atoms with Crippen LogP contribution in [0.5, 0.6) is 0 Å². The van der Waals surface area contributed by atoms with Crippen molar-refractivity contribution in [2.45, 2.75) is 37.3 Å². The average Bonchev–Trinajstić information content (AvgIpc) is 3.28. The highest BCUT2D eigenvalue weighted by Crippen LogP contribution is 2.39. The second-order valence-electron chi connectivity index (χ2n) is 6.75. The van der Waals surface area contributed by atoms with E-state index in [0.29, 0.717) is 11.2 Å². The third kappa shape index (κ3) is 5.33. The highest BCUT2D eigenvalue weighted by atomic mass is 31.2. The van der Waals surface area contributed by atoms with Gasteiger partial charge in [-0.15, -0.1) is 0 Å². The molecular formula is C15H22N7O8P. The summed E-state index contributed by atoms with van der Waals surface area (Å²) in [7, 11) is -3.31. The van der Waals surface area contributed by atoms with Crippen LogP contribution in [0.2, 0.25) is 0 Å². The maximum atomic E-state index is 12.2. The Hall–Kier alpha value is -2.68. The van der Waals surface area contributed by atoms with Gasteiger partial charge in [-0.3, -0.25) is 23.8 Å². The van der Waals surface area contributed by atoms with E-state index in [1.807, 2.05) is 0 Å². The average molecular weight is 459 g/mol. The SMILES string of the molecule is CN[C@@H](CC(=O)O)C(=O)NP(=O)(O)OC[C@H]1O[C@@H](n2cnc3c(N)ncnc32)C[C@@H]1O. The zero-order valence-electron chi connectivity index (χ0n) is 16.3. The fourth-order valence-corrected chi connectivity index (χ4v) is 3.89. The lowest BCUT2D eigenvalue weighted by Gasteiger charge is -2.20. The molecule has 3 heterocycles. The van der Waals surface area contributed by atoms with E-state index >= 15 is 0 Å². The van der Waals surface area contributed by atoms with Crippen LogP contribution in [0.25, 0.3) is 11.2 Å². The molecule has 170 valence electrons. The fraction of sp³-hybridized carbons (Fsp3) is 0.533. The van der Waals surface area contributed by atoms with Gasteiger partial charge < -0.3 is 30.9 Å². The number of nitrogens with one attached hydrogen (secondary N) is 2. The maximum Gasteiger partial charge on any atom is 0.432 e. The summed E-state index contributed by atoms with van der Waals surface area (Å²) in [6.45, 7) is -0.515. The highest BCUT2D eigenvalue weighted by Gasteiger charge is 2.38. The molecule has 0 aliphatic carbocycles. The zero-order valence-corrected chi connectivity index (χ0v) is 17.2. The first kappa shape index (κ1) is 23.0. The van der Waals surface area contributed by atoms with E-state index in [1.165, 1.54) is 19.7 Å². The van der Waals surface area contributed by atoms with Gasteiger partial charge in [-0.1, -0.05) is 0 Å². The number of aliphatic hydroxyl groups is 1. The number of ether oxygens (including phenoxy) is 1. The largest absolute Gasteiger partial charge is 0.481 e. The number of nitrogens with zero attached hydrogens (tertiary/aromatic N) is 4. The number of nitrogen functional groups attached to an aromatic ring is 1. The van der Waals surface area contributed by atoms with Crippen molar-refractivity contribution in [3.8, 4) is 0 Å². The molecule has 1 aliphatic heterocycles. The molecule has 15 nitrogen and oxygen atoms in total. The Balaban J connectivity index is 1.60. The van der Waals surface area contributed by atoms with Crippen LogP contribution in [0.4, 0.5) is 5.82 Å². The van der Waals surface area contributed by atoms with Crippen molar-refractivity contribution in [2.75, 3.05) is 19.4 Å². The molecule has 1 amide bonds. The minimum atomic E-state index is -4.64. The molecular weight excluding hydrogens is 437 g/mol. The molecule has 7 N–H and O–H groups in total. The van der Waals surface area contributed by atoms with E-state index in [0.717, 1.165) is 0 Å². The summed E-state index contributed by atoms with van der Waals surface area (Å²) in [5, 5.41) is 23.2. The number of amides is 1. The number of nitrogens with two attached hydrogens (primary N) is 1. The Morgan fingerprint density at radius 2 is 2.19 bits per heavy atom. The quantitative estimate of drug-likeness (QED) is 0.232. The van der Waals surface area contributed by atoms with Gasteiger partial charge in [-0.25, -0.2) is 19.5 Å². The maximum absolute atomic E-state index is 12.2. The van der Waals surface area contributed by atoms with E-state index in [-0.39, 0.29) is 12.2 Å². The molecule has 3 rings (SSSR count). The van der Waals surface area contributed by atoms with E-state index in [4.69, 9.17) is 20.1 Å². The zero-order chi connectivity index (χ0) is 22.8. The normalized spacial score (nSPS) is 24.0. The number of carbonyl (C=O) groups excluding carboxylic acids is 1. The molecule has 5 atom stereocenters. The molecule has 0 radical (unpaired) electrons. The van der Waals surface area contributed by atoms with Crippen LogP contribution in [-0.2, 0) is 23.4 Å². The van der Waals surface area contributed by atoms with Crippen molar-refractivity contribution in [3.05, 3.63) is 12.7 Å². The first-order chi connectivity index (χ1) is 14.6. The van der Waals surface area contributed by atoms with Crippen molar-refractivity contribution in [3.63, 3.8) is 0 Å². The second kappa shape index (κ2) is 9.21. The molecule has 0 saturated carbocycles. The number of hydrogen-bond donors (Lipinski definition) is 6. The summed E-state index contributed by atoms with van der Waals surface area (Å²) in [5.41, 5.74) is 6.50. The third-order valence-corrected chi connectivity index (χ3v) is 5.61. The van der Waals surface area contributed by atoms with E-state index in [1.54, 1.807) is 9.65 Å². The molecule has 1 aliphatic rings. The monoisotopic (exact) mass is 459 g/mol. The van der Waals surface area contributed by atoms with Gasteiger partial charge in [0.2, 0.25) is 5.91 Å². The lowest BCUT2D eigenvalue weighted by atomic mass is 10.2. The van der Waals surface area contributed by atoms with Crippen molar-refractivity contribution in [1.29, 1.82) is 0 Å². The number of anilines is 1. The van der Waals surface area contributed by atoms with Crippen LogP contribution in [0, 0.1) is 0 Å². The Bertz CT molecular complexity index is 1020. The molecule has 1 saturated heterocycles. The smallest absolute Gasteiger partial charge is 0.432 e. The second-order valence-corrected chi connectivity index (χ2v) is 8.27. The van der Waals surface area contributed by atoms with Gasteiger partial charge >= 0.3 is 13.7 Å². The van der Waals surface area contributed by atoms with Gasteiger partial charge in [-0.05, 0) is 7.05 Å². The molecule has 1 fully saturated rings. The molecule has 31 heavy (non-hydrogen) atoms. The summed E-state index contributed by atoms with van der Waals surface area (Å²) in [6.07, 6.45) is -0.524. The number of aromatic nitrogens is 4. The number of carbonyl (C=O) groups is 2. The van der Waals surface area contributed by atoms with Crippen LogP contribution in [0.15, 0.2) is 12.7 Å². The minimum Gasteiger partial charge on any atom is -0.481 e. The molecule has 0 bridgehead atoms. The van der Waals surface area contributed by atoms with Gasteiger partial charge in [0.1, 0.15) is 24.2 Å². The molecule has 0 spiro atoms. The van der Waals surface area contributed by atoms with Crippen molar-refractivity contribution in [2.24, 2.45) is 0 Å². The Morgan fingerprint density at radius 3 is 2.87 bits per heavy atom. The molecule has 2 aromatic rings. The van der Waals surface area contributed by atoms with Gasteiger partial charge in [0.15, 0.2) is 11.5 Å². The van der Waals surface area contributed by atoms with Crippen molar-refractivity contribution >= 4 is 36.6 Å². The first-order valence-electron chi connectivity index (χ1n) is 9.06. The Labute approximate surface area is 175 Å². The van der Waals surface area contributed by atoms with Crippen LogP contribution in [0.1, 0.15) is 19.1 Å². The van der Waals surface area contributed by atoms with Gasteiger partial charge in [0, 0.05) is 6.42 Å². The third-order valence-electron chi connectivity index (χ3n) is 4.61. The Kier molecular flexibility index (Phi) is 6.83. The van der Waals surface area contributed by atoms with Gasteiger partial charge in [-0.2, -0.15) is 0 Å². The van der Waals surface area contributed by atoms with E-state index in [9.17, 15) is 24.2 Å². The summed E-state index contributed by atoms with van der Waals surface area (Å²) in [4.78, 5) is 44.7. The predicted octanol–water partition coefficient (Wildman–Crippen LogP) is -1.65. The molecule has 2 aromatic heterocycles. The summed E-state index contributed by atoms with van der Waals surface area (Å²) >= 11 is 0. The summed E-state index contributed by atoms with van der Waals surface area (Å²) in [5.74, 6) is -2.11. The topological polar surface area (TPSA) is 224 Å². The van der Waals surface area contributed by atoms with Crippen LogP contribution in [0.3, 0.4) is 0 Å². The summed E-state index contributed by atoms with van der Waals surface area (Å²) in [6, 6.07) is -1.23. The fourth-order valence-electron chi connectivity index (χ4n) is 3.04. The van der Waals surface area contributed by atoms with Crippen molar-refractivity contribution in [1.82, 2.24) is 29.9 Å². The summed E-state index contributed by atoms with van der Waals surface area (Å²) < 4.78 is 24.3. The van der Waals surface area contributed by atoms with Gasteiger partial charge in [0.05, 0.1) is 31.5 Å². The number of hydrogen-bond acceptors (Lipinski definition) is 11. The number of carboxylic acids is 1. The van der Waals surface area contributed by atoms with Gasteiger partial charge in [0.25, 0.3) is 0 Å². The molecule has 1 unspecified atom stereocenters.